The molecule has 4 aromatic rings. The number of fused-ring (bicyclic) bond motifs is 1. The number of ether oxygens (including phenoxy) is 1. The molecule has 0 unspecified atom stereocenters. The normalized spacial score (nSPS) is 14.6. The quantitative estimate of drug-likeness (QED) is 0.205. The molecule has 2 amide bonds. The zero-order chi connectivity index (χ0) is 32.5. The van der Waals surface area contributed by atoms with Crippen molar-refractivity contribution in [3.8, 4) is 5.75 Å². The molecule has 0 atom stereocenters. The minimum absolute atomic E-state index is 0.0132. The van der Waals surface area contributed by atoms with Crippen LogP contribution in [0.4, 0.5) is 20.3 Å². The van der Waals surface area contributed by atoms with Crippen LogP contribution in [0.3, 0.4) is 0 Å². The summed E-state index contributed by atoms with van der Waals surface area (Å²) in [5.41, 5.74) is 0.822. The van der Waals surface area contributed by atoms with Crippen LogP contribution >= 0.6 is 0 Å². The molecule has 0 aliphatic carbocycles. The van der Waals surface area contributed by atoms with Gasteiger partial charge < -0.3 is 25.3 Å². The number of carbonyl (C=O) groups excluding carboxylic acids is 2. The van der Waals surface area contributed by atoms with Crippen LogP contribution in [0.15, 0.2) is 59.8 Å². The third-order valence-corrected chi connectivity index (χ3v) is 9.08. The first kappa shape index (κ1) is 31.8. The molecule has 0 saturated carbocycles. The first-order valence-corrected chi connectivity index (χ1v) is 15.4. The third-order valence-electron chi connectivity index (χ3n) is 7.31. The highest BCUT2D eigenvalue weighted by molar-refractivity contribution is 7.89. The summed E-state index contributed by atoms with van der Waals surface area (Å²) < 4.78 is 61.7. The number of benzene rings is 2. The Bertz CT molecular complexity index is 1820. The fraction of sp³-hybridized carbons (Fsp3) is 0.300. The Morgan fingerprint density at radius 1 is 1.07 bits per heavy atom. The maximum Gasteiger partial charge on any atom is 0.258 e. The van der Waals surface area contributed by atoms with Crippen molar-refractivity contribution in [3.63, 3.8) is 0 Å². The summed E-state index contributed by atoms with van der Waals surface area (Å²) in [7, 11) is -0.510. The molecule has 238 valence electrons. The zero-order valence-electron chi connectivity index (χ0n) is 25.1. The highest BCUT2D eigenvalue weighted by Crippen LogP contribution is 2.38. The van der Waals surface area contributed by atoms with Crippen LogP contribution in [0, 0.1) is 11.6 Å². The topological polar surface area (TPSA) is 153 Å². The molecule has 2 aromatic heterocycles. The molecule has 0 fully saturated rings. The standard InChI is InChI=1S/C30H33F2N7O5S/c1-30(2)17-39(45(42,43)22-12-19(31)11-20(32)13-22)16-24-26(30)36-37-27(24)35-29(41)23-6-5-21(44-10-9-38(3)4)14-25(23)34-28(40)18-7-8-33-15-18/h5-8,11-15,33H,9-10,16-17H2,1-4H3,(H,34,40)(H2,35,36,37,41). The molecule has 0 spiro atoms. The van der Waals surface area contributed by atoms with Gasteiger partial charge in [-0.1, -0.05) is 13.8 Å². The number of nitrogens with one attached hydrogen (secondary N) is 4. The van der Waals surface area contributed by atoms with E-state index in [1.54, 1.807) is 38.2 Å². The predicted octanol–water partition coefficient (Wildman–Crippen LogP) is 3.94. The number of likely N-dealkylation sites (N-methyl/N-ethyl adjacent to an activating group) is 1. The van der Waals surface area contributed by atoms with Gasteiger partial charge in [-0.3, -0.25) is 14.7 Å². The van der Waals surface area contributed by atoms with Gasteiger partial charge in [0.15, 0.2) is 5.82 Å². The Morgan fingerprint density at radius 2 is 1.80 bits per heavy atom. The molecular formula is C30H33F2N7O5S. The number of rotatable bonds is 10. The lowest BCUT2D eigenvalue weighted by Crippen LogP contribution is -2.45. The smallest absolute Gasteiger partial charge is 0.258 e. The van der Waals surface area contributed by atoms with Gasteiger partial charge in [-0.05, 0) is 44.4 Å². The number of aromatic nitrogens is 3. The van der Waals surface area contributed by atoms with Gasteiger partial charge in [0.25, 0.3) is 11.8 Å². The number of nitrogens with zero attached hydrogens (tertiary/aromatic N) is 3. The Labute approximate surface area is 258 Å². The van der Waals surface area contributed by atoms with Gasteiger partial charge in [-0.15, -0.1) is 0 Å². The van der Waals surface area contributed by atoms with Crippen molar-refractivity contribution in [3.05, 3.63) is 88.9 Å². The Morgan fingerprint density at radius 3 is 2.47 bits per heavy atom. The highest BCUT2D eigenvalue weighted by atomic mass is 32.2. The molecule has 15 heteroatoms. The largest absolute Gasteiger partial charge is 0.492 e. The van der Waals surface area contributed by atoms with Crippen LogP contribution in [0.2, 0.25) is 0 Å². The van der Waals surface area contributed by atoms with Crippen LogP contribution in [-0.4, -0.2) is 78.4 Å². The molecule has 12 nitrogen and oxygen atoms in total. The molecule has 3 heterocycles. The van der Waals surface area contributed by atoms with Gasteiger partial charge in [-0.25, -0.2) is 17.2 Å². The number of sulfonamides is 1. The second-order valence-corrected chi connectivity index (χ2v) is 13.5. The molecule has 1 aliphatic heterocycles. The fourth-order valence-electron chi connectivity index (χ4n) is 5.03. The second kappa shape index (κ2) is 12.4. The lowest BCUT2D eigenvalue weighted by Gasteiger charge is -2.36. The van der Waals surface area contributed by atoms with Crippen LogP contribution in [0.25, 0.3) is 0 Å². The maximum absolute atomic E-state index is 13.9. The van der Waals surface area contributed by atoms with Crippen LogP contribution < -0.4 is 15.4 Å². The molecule has 2 aromatic carbocycles. The minimum Gasteiger partial charge on any atom is -0.492 e. The first-order valence-electron chi connectivity index (χ1n) is 14.0. The number of H-pyrrole nitrogens is 2. The number of hydrogen-bond acceptors (Lipinski definition) is 7. The lowest BCUT2D eigenvalue weighted by molar-refractivity contribution is 0.102. The van der Waals surface area contributed by atoms with E-state index in [2.05, 4.69) is 25.8 Å². The SMILES string of the molecule is CN(C)CCOc1ccc(C(=O)Nc2n[nH]c3c2CN(S(=O)(=O)c2cc(F)cc(F)c2)CC3(C)C)c(NC(=O)c2cc[nH]c2)c1. The molecular weight excluding hydrogens is 608 g/mol. The summed E-state index contributed by atoms with van der Waals surface area (Å²) in [5.74, 6) is -2.61. The second-order valence-electron chi connectivity index (χ2n) is 11.6. The summed E-state index contributed by atoms with van der Waals surface area (Å²) in [6.07, 6.45) is 3.11. The lowest BCUT2D eigenvalue weighted by atomic mass is 9.84. The van der Waals surface area contributed by atoms with E-state index in [1.165, 1.54) is 12.3 Å². The van der Waals surface area contributed by atoms with Crippen molar-refractivity contribution in [1.29, 1.82) is 0 Å². The van der Waals surface area contributed by atoms with Crippen molar-refractivity contribution in [2.24, 2.45) is 0 Å². The van der Waals surface area contributed by atoms with Crippen LogP contribution in [0.1, 0.15) is 45.8 Å². The fourth-order valence-corrected chi connectivity index (χ4v) is 6.64. The third kappa shape index (κ3) is 6.90. The molecule has 0 saturated heterocycles. The molecule has 0 radical (unpaired) electrons. The van der Waals surface area contributed by atoms with E-state index in [1.807, 2.05) is 19.0 Å². The summed E-state index contributed by atoms with van der Waals surface area (Å²) in [5, 5.41) is 12.7. The van der Waals surface area contributed by atoms with E-state index >= 15 is 0 Å². The van der Waals surface area contributed by atoms with Gasteiger partial charge >= 0.3 is 0 Å². The zero-order valence-corrected chi connectivity index (χ0v) is 25.9. The number of hydrogen-bond donors (Lipinski definition) is 4. The first-order chi connectivity index (χ1) is 21.2. The number of anilines is 2. The number of aromatic amines is 2. The van der Waals surface area contributed by atoms with Crippen molar-refractivity contribution in [2.45, 2.75) is 30.7 Å². The Kier molecular flexibility index (Phi) is 8.78. The summed E-state index contributed by atoms with van der Waals surface area (Å²) in [6.45, 7) is 4.36. The number of carbonyl (C=O) groups is 2. The Hall–Kier alpha value is -4.60. The van der Waals surface area contributed by atoms with Gasteiger partial charge in [-0.2, -0.15) is 9.40 Å². The monoisotopic (exact) mass is 641 g/mol. The van der Waals surface area contributed by atoms with E-state index < -0.39 is 43.8 Å². The number of halogens is 2. The van der Waals surface area contributed by atoms with Crippen molar-refractivity contribution >= 4 is 33.3 Å². The summed E-state index contributed by atoms with van der Waals surface area (Å²) in [4.78, 5) is 30.8. The van der Waals surface area contributed by atoms with Gasteiger partial charge in [0.1, 0.15) is 24.0 Å². The molecule has 1 aliphatic rings. The van der Waals surface area contributed by atoms with Crippen LogP contribution in [0.5, 0.6) is 5.75 Å². The molecule has 5 rings (SSSR count). The summed E-state index contributed by atoms with van der Waals surface area (Å²) in [6, 6.07) is 8.36. The highest BCUT2D eigenvalue weighted by Gasteiger charge is 2.41. The van der Waals surface area contributed by atoms with E-state index in [-0.39, 0.29) is 30.2 Å². The molecule has 0 bridgehead atoms. The Balaban J connectivity index is 1.44. The number of amides is 2. The van der Waals surface area contributed by atoms with E-state index in [0.717, 1.165) is 16.4 Å². The molecule has 45 heavy (non-hydrogen) atoms. The van der Waals surface area contributed by atoms with Gasteiger partial charge in [0, 0.05) is 60.8 Å². The van der Waals surface area contributed by atoms with Gasteiger partial charge in [0.05, 0.1) is 21.7 Å². The molecule has 4 N–H and O–H groups in total. The van der Waals surface area contributed by atoms with Crippen molar-refractivity contribution in [1.82, 2.24) is 24.4 Å². The average Bonchev–Trinajstić information content (AvgIpc) is 3.63. The van der Waals surface area contributed by atoms with E-state index in [4.69, 9.17) is 4.74 Å². The van der Waals surface area contributed by atoms with Gasteiger partial charge in [0.2, 0.25) is 10.0 Å². The van der Waals surface area contributed by atoms with Crippen LogP contribution in [-0.2, 0) is 22.0 Å². The van der Waals surface area contributed by atoms with E-state index in [0.29, 0.717) is 41.8 Å². The van der Waals surface area contributed by atoms with E-state index in [9.17, 15) is 26.8 Å². The average molecular weight is 642 g/mol. The maximum atomic E-state index is 13.9. The van der Waals surface area contributed by atoms with Crippen molar-refractivity contribution in [2.75, 3.05) is 44.4 Å². The summed E-state index contributed by atoms with van der Waals surface area (Å²) >= 11 is 0. The predicted molar refractivity (Wildman–Crippen MR) is 163 cm³/mol. The minimum atomic E-state index is -4.32. The van der Waals surface area contributed by atoms with Crippen molar-refractivity contribution < 1.29 is 31.5 Å².